The highest BCUT2D eigenvalue weighted by molar-refractivity contribution is 8.00. The molecule has 1 aliphatic carbocycles. The van der Waals surface area contributed by atoms with E-state index in [0.717, 1.165) is 34.5 Å². The molecule has 0 spiro atoms. The topological polar surface area (TPSA) is 115 Å². The van der Waals surface area contributed by atoms with Crippen LogP contribution in [0.15, 0.2) is 34.2 Å². The molecule has 29 heavy (non-hydrogen) atoms. The number of carbonyl (C=O) groups is 1. The molecule has 2 aromatic heterocycles. The Labute approximate surface area is 177 Å². The minimum absolute atomic E-state index is 0.00286. The minimum atomic E-state index is -3.76. The lowest BCUT2D eigenvalue weighted by Gasteiger charge is -2.13. The molecule has 10 heteroatoms. The molecule has 0 bridgehead atoms. The van der Waals surface area contributed by atoms with Gasteiger partial charge < -0.3 is 5.32 Å². The lowest BCUT2D eigenvalue weighted by atomic mass is 10.2. The summed E-state index contributed by atoms with van der Waals surface area (Å²) in [6, 6.07) is 5.78. The van der Waals surface area contributed by atoms with Gasteiger partial charge in [0.2, 0.25) is 15.9 Å². The SMILES string of the molecule is Cc1nc(S[C@H](C)C(=O)Nc2ccc(S(N)(=O)=O)cc2)c2c3c(sc2n1)CCC3. The highest BCUT2D eigenvalue weighted by Gasteiger charge is 2.24. The molecule has 1 atom stereocenters. The molecular weight excluding hydrogens is 428 g/mol. The van der Waals surface area contributed by atoms with Crippen LogP contribution < -0.4 is 10.5 Å². The Morgan fingerprint density at radius 2 is 1.97 bits per heavy atom. The third-order valence-electron chi connectivity index (χ3n) is 4.75. The van der Waals surface area contributed by atoms with Crippen molar-refractivity contribution in [2.75, 3.05) is 5.32 Å². The predicted molar refractivity (Wildman–Crippen MR) is 116 cm³/mol. The summed E-state index contributed by atoms with van der Waals surface area (Å²) in [4.78, 5) is 24.3. The Balaban J connectivity index is 1.53. The van der Waals surface area contributed by atoms with E-state index in [9.17, 15) is 13.2 Å². The average Bonchev–Trinajstić information content (AvgIpc) is 3.21. The molecule has 0 saturated heterocycles. The van der Waals surface area contributed by atoms with E-state index in [1.807, 2.05) is 13.8 Å². The van der Waals surface area contributed by atoms with Gasteiger partial charge in [-0.3, -0.25) is 4.79 Å². The number of benzene rings is 1. The van der Waals surface area contributed by atoms with Crippen molar-refractivity contribution in [2.24, 2.45) is 5.14 Å². The second-order valence-electron chi connectivity index (χ2n) is 6.93. The van der Waals surface area contributed by atoms with Crippen molar-refractivity contribution in [1.29, 1.82) is 0 Å². The van der Waals surface area contributed by atoms with Gasteiger partial charge in [-0.15, -0.1) is 11.3 Å². The number of aromatic nitrogens is 2. The van der Waals surface area contributed by atoms with E-state index in [0.29, 0.717) is 11.5 Å². The third kappa shape index (κ3) is 4.16. The Morgan fingerprint density at radius 3 is 2.66 bits per heavy atom. The summed E-state index contributed by atoms with van der Waals surface area (Å²) < 4.78 is 22.7. The number of anilines is 1. The molecule has 1 aliphatic rings. The first kappa shape index (κ1) is 20.3. The van der Waals surface area contributed by atoms with E-state index in [4.69, 9.17) is 5.14 Å². The first-order valence-corrected chi connectivity index (χ1v) is 12.4. The second kappa shape index (κ2) is 7.67. The fraction of sp³-hybridized carbons (Fsp3) is 0.316. The van der Waals surface area contributed by atoms with Crippen LogP contribution in [0.4, 0.5) is 5.69 Å². The van der Waals surface area contributed by atoms with E-state index >= 15 is 0 Å². The highest BCUT2D eigenvalue weighted by atomic mass is 32.2. The first-order valence-electron chi connectivity index (χ1n) is 9.11. The number of thiophene rings is 1. The maximum absolute atomic E-state index is 12.7. The summed E-state index contributed by atoms with van der Waals surface area (Å²) in [6.45, 7) is 3.70. The number of rotatable bonds is 5. The van der Waals surface area contributed by atoms with Gasteiger partial charge in [0.15, 0.2) is 0 Å². The highest BCUT2D eigenvalue weighted by Crippen LogP contribution is 2.41. The van der Waals surface area contributed by atoms with Gasteiger partial charge in [0.25, 0.3) is 0 Å². The zero-order valence-electron chi connectivity index (χ0n) is 15.9. The Morgan fingerprint density at radius 1 is 1.24 bits per heavy atom. The van der Waals surface area contributed by atoms with E-state index in [2.05, 4.69) is 15.3 Å². The van der Waals surface area contributed by atoms with E-state index in [1.54, 1.807) is 11.3 Å². The summed E-state index contributed by atoms with van der Waals surface area (Å²) in [5.41, 5.74) is 1.84. The van der Waals surface area contributed by atoms with E-state index < -0.39 is 10.0 Å². The monoisotopic (exact) mass is 448 g/mol. The maximum Gasteiger partial charge on any atom is 0.238 e. The number of sulfonamides is 1. The van der Waals surface area contributed by atoms with Crippen LogP contribution in [0.25, 0.3) is 10.2 Å². The second-order valence-corrected chi connectivity index (χ2v) is 10.9. The third-order valence-corrected chi connectivity index (χ3v) is 7.95. The number of aryl methyl sites for hydroxylation is 3. The molecule has 1 amide bonds. The fourth-order valence-electron chi connectivity index (χ4n) is 3.34. The molecule has 3 N–H and O–H groups in total. The van der Waals surface area contributed by atoms with E-state index in [-0.39, 0.29) is 16.1 Å². The molecule has 0 aliphatic heterocycles. The molecule has 0 saturated carbocycles. The molecule has 0 radical (unpaired) electrons. The van der Waals surface area contributed by atoms with Gasteiger partial charge in [0.05, 0.1) is 10.1 Å². The molecular formula is C19H20N4O3S3. The zero-order valence-corrected chi connectivity index (χ0v) is 18.4. The molecule has 152 valence electrons. The maximum atomic E-state index is 12.7. The average molecular weight is 449 g/mol. The van der Waals surface area contributed by atoms with E-state index in [1.165, 1.54) is 46.5 Å². The van der Waals surface area contributed by atoms with Gasteiger partial charge >= 0.3 is 0 Å². The van der Waals surface area contributed by atoms with Gasteiger partial charge in [-0.2, -0.15) is 0 Å². The van der Waals surface area contributed by atoms with Crippen molar-refractivity contribution in [3.8, 4) is 0 Å². The lowest BCUT2D eigenvalue weighted by molar-refractivity contribution is -0.115. The van der Waals surface area contributed by atoms with Crippen LogP contribution >= 0.6 is 23.1 Å². The number of primary sulfonamides is 1. The van der Waals surface area contributed by atoms with Crippen molar-refractivity contribution in [2.45, 2.75) is 48.3 Å². The van der Waals surface area contributed by atoms with Crippen LogP contribution in [-0.2, 0) is 27.7 Å². The molecule has 2 heterocycles. The van der Waals surface area contributed by atoms with Gasteiger partial charge in [0, 0.05) is 16.0 Å². The standard InChI is InChI=1S/C19H20N4O3S3/c1-10(17(24)23-12-6-8-13(9-7-12)29(20,25)26)27-18-16-14-4-3-5-15(14)28-19(16)22-11(2)21-18/h6-10H,3-5H2,1-2H3,(H,23,24)(H2,20,25,26)/t10-/m1/s1. The largest absolute Gasteiger partial charge is 0.325 e. The summed E-state index contributed by atoms with van der Waals surface area (Å²) in [5.74, 6) is 0.515. The van der Waals surface area contributed by atoms with Crippen molar-refractivity contribution < 1.29 is 13.2 Å². The van der Waals surface area contributed by atoms with Crippen LogP contribution in [-0.4, -0.2) is 29.5 Å². The number of nitrogens with zero attached hydrogens (tertiary/aromatic N) is 2. The molecule has 1 aromatic carbocycles. The number of carbonyl (C=O) groups excluding carboxylic acids is 1. The lowest BCUT2D eigenvalue weighted by Crippen LogP contribution is -2.22. The van der Waals surface area contributed by atoms with Gasteiger partial charge in [0.1, 0.15) is 15.7 Å². The predicted octanol–water partition coefficient (Wildman–Crippen LogP) is 3.26. The van der Waals surface area contributed by atoms with Crippen molar-refractivity contribution in [1.82, 2.24) is 9.97 Å². The van der Waals surface area contributed by atoms with Crippen LogP contribution in [0.2, 0.25) is 0 Å². The first-order chi connectivity index (χ1) is 13.7. The molecule has 3 aromatic rings. The normalized spacial score (nSPS) is 14.7. The number of amides is 1. The van der Waals surface area contributed by atoms with Crippen LogP contribution in [0.5, 0.6) is 0 Å². The molecule has 7 nitrogen and oxygen atoms in total. The van der Waals surface area contributed by atoms with Gasteiger partial charge in [-0.05, 0) is 62.9 Å². The Hall–Kier alpha value is -2.01. The van der Waals surface area contributed by atoms with Crippen LogP contribution in [0.3, 0.4) is 0 Å². The number of nitrogens with one attached hydrogen (secondary N) is 1. The van der Waals surface area contributed by atoms with Crippen molar-refractivity contribution >= 4 is 54.9 Å². The number of thioether (sulfide) groups is 1. The smallest absolute Gasteiger partial charge is 0.238 e. The van der Waals surface area contributed by atoms with Gasteiger partial charge in [-0.25, -0.2) is 23.5 Å². The van der Waals surface area contributed by atoms with Crippen LogP contribution in [0.1, 0.15) is 29.6 Å². The number of fused-ring (bicyclic) bond motifs is 3. The van der Waals surface area contributed by atoms with Crippen molar-refractivity contribution in [3.05, 3.63) is 40.5 Å². The van der Waals surface area contributed by atoms with Crippen molar-refractivity contribution in [3.63, 3.8) is 0 Å². The molecule has 0 unspecified atom stereocenters. The Kier molecular flexibility index (Phi) is 5.36. The van der Waals surface area contributed by atoms with Crippen LogP contribution in [0, 0.1) is 6.92 Å². The summed E-state index contributed by atoms with van der Waals surface area (Å²) in [7, 11) is -3.76. The molecule has 0 fully saturated rings. The molecule has 4 rings (SSSR count). The minimum Gasteiger partial charge on any atom is -0.325 e. The number of hydrogen-bond acceptors (Lipinski definition) is 7. The fourth-order valence-corrected chi connectivity index (χ4v) is 6.25. The Bertz CT molecular complexity index is 1200. The zero-order chi connectivity index (χ0) is 20.8. The summed E-state index contributed by atoms with van der Waals surface area (Å²) in [6.07, 6.45) is 3.27. The van der Waals surface area contributed by atoms with Gasteiger partial charge in [-0.1, -0.05) is 11.8 Å². The quantitative estimate of drug-likeness (QED) is 0.457. The summed E-state index contributed by atoms with van der Waals surface area (Å²) >= 11 is 3.15. The summed E-state index contributed by atoms with van der Waals surface area (Å²) in [5, 5.41) is 9.47. The number of hydrogen-bond donors (Lipinski definition) is 2. The number of nitrogens with two attached hydrogens (primary N) is 1.